The van der Waals surface area contributed by atoms with Gasteiger partial charge < -0.3 is 18.9 Å². The number of hydrogen-bond donors (Lipinski definition) is 0. The number of unbranched alkanes of at least 4 members (excludes halogenated alkanes) is 1. The second-order valence-corrected chi connectivity index (χ2v) is 11.2. The monoisotopic (exact) mass is 581 g/mol. The third-order valence-electron chi connectivity index (χ3n) is 7.33. The van der Waals surface area contributed by atoms with Crippen LogP contribution < -0.4 is 18.9 Å². The molecule has 43 heavy (non-hydrogen) atoms. The summed E-state index contributed by atoms with van der Waals surface area (Å²) in [4.78, 5) is 2.44. The van der Waals surface area contributed by atoms with Crippen molar-refractivity contribution < 1.29 is 18.9 Å². The highest BCUT2D eigenvalue weighted by atomic mass is 16.6. The van der Waals surface area contributed by atoms with E-state index < -0.39 is 0 Å². The number of nitrogens with zero attached hydrogens (tertiary/aromatic N) is 3. The first kappa shape index (κ1) is 30.4. The number of hydrogen-bond acceptors (Lipinski definition) is 7. The van der Waals surface area contributed by atoms with Gasteiger partial charge in [-0.15, -0.1) is 10.2 Å². The van der Waals surface area contributed by atoms with Gasteiger partial charge in [0.25, 0.3) is 0 Å². The van der Waals surface area contributed by atoms with E-state index in [2.05, 4.69) is 71.5 Å². The molecule has 7 heteroatoms. The lowest BCUT2D eigenvalue weighted by Crippen LogP contribution is -2.25. The van der Waals surface area contributed by atoms with Gasteiger partial charge in [0.05, 0.1) is 18.4 Å². The molecule has 0 atom stereocenters. The average Bonchev–Trinajstić information content (AvgIpc) is 3.01. The first-order valence-electron chi connectivity index (χ1n) is 15.5. The number of aromatic nitrogens is 2. The van der Waals surface area contributed by atoms with Crippen molar-refractivity contribution in [3.05, 3.63) is 95.1 Å². The summed E-state index contributed by atoms with van der Waals surface area (Å²) in [5.74, 6) is 3.08. The Bertz CT molecular complexity index is 1480. The molecule has 0 radical (unpaired) electrons. The topological polar surface area (TPSA) is 65.9 Å². The lowest BCUT2D eigenvalue weighted by Gasteiger charge is -2.27. The zero-order valence-electron chi connectivity index (χ0n) is 25.8. The Kier molecular flexibility index (Phi) is 10.5. The maximum absolute atomic E-state index is 6.33. The summed E-state index contributed by atoms with van der Waals surface area (Å²) in [6, 6.07) is 25.0. The van der Waals surface area contributed by atoms with Crippen molar-refractivity contribution in [2.45, 2.75) is 72.7 Å². The van der Waals surface area contributed by atoms with E-state index in [-0.39, 0.29) is 6.10 Å². The van der Waals surface area contributed by atoms with Crippen LogP contribution in [0, 0.1) is 0 Å². The second-order valence-electron chi connectivity index (χ2n) is 11.2. The molecule has 1 aliphatic rings. The van der Waals surface area contributed by atoms with Crippen LogP contribution in [0.2, 0.25) is 0 Å². The third kappa shape index (κ3) is 8.05. The normalized spacial score (nSPS) is 12.5. The van der Waals surface area contributed by atoms with Crippen LogP contribution in [0.1, 0.15) is 62.8 Å². The fourth-order valence-corrected chi connectivity index (χ4v) is 5.41. The predicted octanol–water partition coefficient (Wildman–Crippen LogP) is 7.65. The Hall–Kier alpha value is -4.10. The maximum Gasteiger partial charge on any atom is 0.238 e. The molecule has 2 heterocycles. The van der Waals surface area contributed by atoms with E-state index in [0.29, 0.717) is 45.3 Å². The van der Waals surface area contributed by atoms with Gasteiger partial charge in [-0.25, -0.2) is 0 Å². The Morgan fingerprint density at radius 2 is 1.56 bits per heavy atom. The number of rotatable bonds is 14. The fraction of sp³-hybridized carbons (Fsp3) is 0.389. The Morgan fingerprint density at radius 1 is 0.791 bits per heavy atom. The zero-order valence-corrected chi connectivity index (χ0v) is 25.8. The lowest BCUT2D eigenvalue weighted by atomic mass is 9.96. The summed E-state index contributed by atoms with van der Waals surface area (Å²) in [5.41, 5.74) is 6.62. The van der Waals surface area contributed by atoms with E-state index >= 15 is 0 Å². The van der Waals surface area contributed by atoms with E-state index in [1.807, 2.05) is 39.0 Å². The standard InChI is InChI=1S/C36H43N3O4/c1-5-7-16-31-32(36(43-26(3)4)38-37-35(31)29-13-9-8-10-14-29)25-39(23-27-12-11-15-30(21-27)40-6-2)24-28-17-18-33-34(22-28)42-20-19-41-33/h8-15,17-18,21-22,26H,5-7,16,19-20,23-25H2,1-4H3. The molecule has 0 bridgehead atoms. The van der Waals surface area contributed by atoms with E-state index in [1.54, 1.807) is 0 Å². The summed E-state index contributed by atoms with van der Waals surface area (Å²) in [7, 11) is 0. The maximum atomic E-state index is 6.33. The van der Waals surface area contributed by atoms with Crippen LogP contribution in [0.15, 0.2) is 72.8 Å². The first-order chi connectivity index (χ1) is 21.0. The minimum absolute atomic E-state index is 0.0243. The molecule has 4 aromatic rings. The number of fused-ring (bicyclic) bond motifs is 1. The minimum Gasteiger partial charge on any atom is -0.494 e. The number of benzene rings is 3. The summed E-state index contributed by atoms with van der Waals surface area (Å²) in [6.07, 6.45) is 3.01. The quantitative estimate of drug-likeness (QED) is 0.152. The third-order valence-corrected chi connectivity index (χ3v) is 7.33. The molecule has 0 fully saturated rings. The highest BCUT2D eigenvalue weighted by molar-refractivity contribution is 5.65. The molecule has 5 rings (SSSR count). The summed E-state index contributed by atoms with van der Waals surface area (Å²) in [5, 5.41) is 9.40. The van der Waals surface area contributed by atoms with Crippen molar-refractivity contribution in [3.8, 4) is 34.4 Å². The molecule has 0 saturated carbocycles. The SMILES string of the molecule is CCCCc1c(-c2ccccc2)nnc(OC(C)C)c1CN(Cc1cccc(OCC)c1)Cc1ccc2c(c1)OCCO2. The molecule has 0 spiro atoms. The largest absolute Gasteiger partial charge is 0.494 e. The van der Waals surface area contributed by atoms with Gasteiger partial charge in [-0.1, -0.05) is 61.9 Å². The average molecular weight is 582 g/mol. The molecule has 0 N–H and O–H groups in total. The van der Waals surface area contributed by atoms with Crippen molar-refractivity contribution in [3.63, 3.8) is 0 Å². The summed E-state index contributed by atoms with van der Waals surface area (Å²) < 4.78 is 23.9. The highest BCUT2D eigenvalue weighted by Crippen LogP contribution is 2.34. The van der Waals surface area contributed by atoms with Crippen LogP contribution in [0.4, 0.5) is 0 Å². The van der Waals surface area contributed by atoms with Gasteiger partial charge >= 0.3 is 0 Å². The molecule has 1 aliphatic heterocycles. The molecule has 0 saturated heterocycles. The molecular formula is C36H43N3O4. The van der Waals surface area contributed by atoms with Gasteiger partial charge in [-0.2, -0.15) is 0 Å². The molecule has 226 valence electrons. The molecule has 1 aromatic heterocycles. The van der Waals surface area contributed by atoms with Crippen LogP contribution >= 0.6 is 0 Å². The molecular weight excluding hydrogens is 538 g/mol. The van der Waals surface area contributed by atoms with Crippen molar-refractivity contribution in [2.24, 2.45) is 0 Å². The lowest BCUT2D eigenvalue weighted by molar-refractivity contribution is 0.170. The Balaban J connectivity index is 1.57. The Labute approximate surface area is 255 Å². The van der Waals surface area contributed by atoms with Crippen molar-refractivity contribution in [1.82, 2.24) is 15.1 Å². The Morgan fingerprint density at radius 3 is 2.30 bits per heavy atom. The van der Waals surface area contributed by atoms with Gasteiger partial charge in [0.2, 0.25) is 5.88 Å². The van der Waals surface area contributed by atoms with E-state index in [4.69, 9.17) is 24.0 Å². The molecule has 3 aromatic carbocycles. The van der Waals surface area contributed by atoms with E-state index in [9.17, 15) is 0 Å². The van der Waals surface area contributed by atoms with Crippen LogP contribution in [0.3, 0.4) is 0 Å². The predicted molar refractivity (Wildman–Crippen MR) is 170 cm³/mol. The fourth-order valence-electron chi connectivity index (χ4n) is 5.41. The molecule has 0 unspecified atom stereocenters. The van der Waals surface area contributed by atoms with Gasteiger partial charge in [0.15, 0.2) is 11.5 Å². The van der Waals surface area contributed by atoms with Crippen LogP contribution in [-0.4, -0.2) is 41.0 Å². The van der Waals surface area contributed by atoms with Gasteiger partial charge in [0.1, 0.15) is 19.0 Å². The van der Waals surface area contributed by atoms with Crippen LogP contribution in [-0.2, 0) is 26.1 Å². The van der Waals surface area contributed by atoms with Gasteiger partial charge in [-0.05, 0) is 74.6 Å². The summed E-state index contributed by atoms with van der Waals surface area (Å²) >= 11 is 0. The molecule has 7 nitrogen and oxygen atoms in total. The molecule has 0 amide bonds. The van der Waals surface area contributed by atoms with Gasteiger partial charge in [0, 0.05) is 30.8 Å². The zero-order chi connectivity index (χ0) is 30.0. The highest BCUT2D eigenvalue weighted by Gasteiger charge is 2.23. The smallest absolute Gasteiger partial charge is 0.238 e. The second kappa shape index (κ2) is 14.9. The summed E-state index contributed by atoms with van der Waals surface area (Å²) in [6.45, 7) is 12.1. The molecule has 0 aliphatic carbocycles. The van der Waals surface area contributed by atoms with Crippen LogP contribution in [0.5, 0.6) is 23.1 Å². The van der Waals surface area contributed by atoms with Crippen molar-refractivity contribution in [1.29, 1.82) is 0 Å². The van der Waals surface area contributed by atoms with Crippen molar-refractivity contribution >= 4 is 0 Å². The van der Waals surface area contributed by atoms with Crippen molar-refractivity contribution in [2.75, 3.05) is 19.8 Å². The van der Waals surface area contributed by atoms with E-state index in [0.717, 1.165) is 58.9 Å². The van der Waals surface area contributed by atoms with Gasteiger partial charge in [-0.3, -0.25) is 4.90 Å². The van der Waals surface area contributed by atoms with E-state index in [1.165, 1.54) is 11.1 Å². The number of ether oxygens (including phenoxy) is 4. The minimum atomic E-state index is -0.0243. The first-order valence-corrected chi connectivity index (χ1v) is 15.5. The van der Waals surface area contributed by atoms with Crippen LogP contribution in [0.25, 0.3) is 11.3 Å².